The Morgan fingerprint density at radius 1 is 1.15 bits per heavy atom. The number of hydrogen-bond donors (Lipinski definition) is 1. The van der Waals surface area contributed by atoms with Gasteiger partial charge in [0.1, 0.15) is 0 Å². The van der Waals surface area contributed by atoms with E-state index < -0.39 is 6.09 Å². The van der Waals surface area contributed by atoms with Gasteiger partial charge in [0.2, 0.25) is 0 Å². The van der Waals surface area contributed by atoms with Gasteiger partial charge in [0.05, 0.1) is 0 Å². The van der Waals surface area contributed by atoms with E-state index in [1.54, 1.807) is 0 Å². The Bertz CT molecular complexity index is 123. The summed E-state index contributed by atoms with van der Waals surface area (Å²) in [5.41, 5.74) is 0. The molecule has 0 aliphatic carbocycles. The number of carbonyl (C=O) groups is 1. The first-order valence-corrected chi connectivity index (χ1v) is 4.70. The van der Waals surface area contributed by atoms with Crippen molar-refractivity contribution >= 4 is 19.6 Å². The molecule has 0 fully saturated rings. The highest BCUT2D eigenvalue weighted by atomic mass is 32.1. The molecule has 0 heterocycles. The topological polar surface area (TPSA) is 40.5 Å². The van der Waals surface area contributed by atoms with Crippen molar-refractivity contribution in [1.82, 2.24) is 4.90 Å². The van der Waals surface area contributed by atoms with Crippen LogP contribution in [0, 0.1) is 0 Å². The summed E-state index contributed by atoms with van der Waals surface area (Å²) in [6.45, 7) is 5.51. The van der Waals surface area contributed by atoms with Crippen LogP contribution in [0.4, 0.5) is 4.79 Å². The lowest BCUT2D eigenvalue weighted by molar-refractivity contribution is 0.143. The van der Waals surface area contributed by atoms with Crippen molar-refractivity contribution in [1.29, 1.82) is 0 Å². The highest BCUT2D eigenvalue weighted by Crippen LogP contribution is 1.98. The van der Waals surface area contributed by atoms with Crippen molar-refractivity contribution in [2.75, 3.05) is 13.1 Å². The zero-order chi connectivity index (χ0) is 9.40. The zero-order valence-electron chi connectivity index (χ0n) is 8.55. The van der Waals surface area contributed by atoms with Crippen LogP contribution in [0.5, 0.6) is 0 Å². The fourth-order valence-electron chi connectivity index (χ4n) is 1.00. The average molecular weight is 207 g/mol. The van der Waals surface area contributed by atoms with Crippen LogP contribution in [0.25, 0.3) is 0 Å². The highest BCUT2D eigenvalue weighted by molar-refractivity contribution is 7.59. The van der Waals surface area contributed by atoms with Gasteiger partial charge in [-0.15, -0.1) is 0 Å². The molecule has 0 aromatic rings. The van der Waals surface area contributed by atoms with Crippen LogP contribution in [0.3, 0.4) is 0 Å². The molecule has 80 valence electrons. The average Bonchev–Trinajstić information content (AvgIpc) is 2.04. The SMILES string of the molecule is CCCCN(CCCC)C(=O)O.S. The summed E-state index contributed by atoms with van der Waals surface area (Å²) in [4.78, 5) is 12.1. The predicted molar refractivity (Wildman–Crippen MR) is 59.8 cm³/mol. The Kier molecular flexibility index (Phi) is 11.3. The molecule has 0 aliphatic heterocycles. The van der Waals surface area contributed by atoms with Gasteiger partial charge in [-0.25, -0.2) is 4.79 Å². The van der Waals surface area contributed by atoms with Crippen LogP contribution in [-0.2, 0) is 0 Å². The molecule has 0 unspecified atom stereocenters. The maximum absolute atomic E-state index is 10.6. The Hall–Kier alpha value is -0.380. The second kappa shape index (κ2) is 9.71. The summed E-state index contributed by atoms with van der Waals surface area (Å²) >= 11 is 0. The van der Waals surface area contributed by atoms with E-state index in [9.17, 15) is 4.79 Å². The molecule has 1 N–H and O–H groups in total. The van der Waals surface area contributed by atoms with Crippen LogP contribution in [0.1, 0.15) is 39.5 Å². The van der Waals surface area contributed by atoms with Gasteiger partial charge in [0.25, 0.3) is 0 Å². The molecule has 0 radical (unpaired) electrons. The van der Waals surface area contributed by atoms with Crippen molar-refractivity contribution in [2.24, 2.45) is 0 Å². The highest BCUT2D eigenvalue weighted by Gasteiger charge is 2.08. The van der Waals surface area contributed by atoms with E-state index in [4.69, 9.17) is 5.11 Å². The number of carboxylic acid groups (broad SMARTS) is 1. The molecule has 0 bridgehead atoms. The molecular formula is C9H21NO2S. The molecule has 0 rings (SSSR count). The third-order valence-corrected chi connectivity index (χ3v) is 1.83. The standard InChI is InChI=1S/C9H19NO2.H2S/c1-3-5-7-10(9(11)12)8-6-4-2;/h3-8H2,1-2H3,(H,11,12);1H2. The zero-order valence-corrected chi connectivity index (χ0v) is 9.55. The largest absolute Gasteiger partial charge is 0.465 e. The van der Waals surface area contributed by atoms with E-state index in [1.165, 1.54) is 4.90 Å². The van der Waals surface area contributed by atoms with Gasteiger partial charge in [0.15, 0.2) is 0 Å². The maximum Gasteiger partial charge on any atom is 0.407 e. The molecule has 1 amide bonds. The monoisotopic (exact) mass is 207 g/mol. The molecule has 3 nitrogen and oxygen atoms in total. The molecule has 13 heavy (non-hydrogen) atoms. The summed E-state index contributed by atoms with van der Waals surface area (Å²) < 4.78 is 0. The molecule has 0 aromatic heterocycles. The molecule has 0 aromatic carbocycles. The Morgan fingerprint density at radius 3 is 1.77 bits per heavy atom. The summed E-state index contributed by atoms with van der Waals surface area (Å²) in [5, 5.41) is 8.75. The number of nitrogens with zero attached hydrogens (tertiary/aromatic N) is 1. The normalized spacial score (nSPS) is 9.08. The van der Waals surface area contributed by atoms with E-state index in [-0.39, 0.29) is 13.5 Å². The van der Waals surface area contributed by atoms with Crippen LogP contribution < -0.4 is 0 Å². The first-order chi connectivity index (χ1) is 5.72. The van der Waals surface area contributed by atoms with Gasteiger partial charge >= 0.3 is 6.09 Å². The van der Waals surface area contributed by atoms with Gasteiger partial charge in [-0.1, -0.05) is 26.7 Å². The maximum atomic E-state index is 10.6. The smallest absolute Gasteiger partial charge is 0.407 e. The summed E-state index contributed by atoms with van der Waals surface area (Å²) in [7, 11) is 0. The van der Waals surface area contributed by atoms with Crippen molar-refractivity contribution in [3.8, 4) is 0 Å². The number of unbranched alkanes of at least 4 members (excludes halogenated alkanes) is 2. The molecule has 0 saturated heterocycles. The third-order valence-electron chi connectivity index (χ3n) is 1.83. The lowest BCUT2D eigenvalue weighted by Crippen LogP contribution is -2.31. The van der Waals surface area contributed by atoms with Crippen molar-refractivity contribution < 1.29 is 9.90 Å². The Balaban J connectivity index is 0. The van der Waals surface area contributed by atoms with Crippen LogP contribution in [-0.4, -0.2) is 29.2 Å². The molecule has 4 heteroatoms. The van der Waals surface area contributed by atoms with Gasteiger partial charge in [-0.2, -0.15) is 13.5 Å². The fraction of sp³-hybridized carbons (Fsp3) is 0.889. The summed E-state index contributed by atoms with van der Waals surface area (Å²) in [6.07, 6.45) is 3.26. The van der Waals surface area contributed by atoms with E-state index in [0.29, 0.717) is 13.1 Å². The molecule has 0 spiro atoms. The van der Waals surface area contributed by atoms with Gasteiger partial charge < -0.3 is 10.0 Å². The number of rotatable bonds is 6. The summed E-state index contributed by atoms with van der Waals surface area (Å²) in [5.74, 6) is 0. The minimum Gasteiger partial charge on any atom is -0.465 e. The minimum absolute atomic E-state index is 0. The van der Waals surface area contributed by atoms with E-state index in [1.807, 2.05) is 0 Å². The molecular weight excluding hydrogens is 186 g/mol. The molecule has 0 aliphatic rings. The lowest BCUT2D eigenvalue weighted by atomic mass is 10.3. The first kappa shape index (κ1) is 15.1. The quantitative estimate of drug-likeness (QED) is 0.727. The van der Waals surface area contributed by atoms with Crippen LogP contribution in [0.15, 0.2) is 0 Å². The summed E-state index contributed by atoms with van der Waals surface area (Å²) in [6, 6.07) is 0. The molecule has 0 saturated carbocycles. The van der Waals surface area contributed by atoms with Crippen molar-refractivity contribution in [2.45, 2.75) is 39.5 Å². The van der Waals surface area contributed by atoms with Gasteiger partial charge in [-0.05, 0) is 12.8 Å². The lowest BCUT2D eigenvalue weighted by Gasteiger charge is -2.17. The van der Waals surface area contributed by atoms with Crippen LogP contribution >= 0.6 is 13.5 Å². The Labute approximate surface area is 87.6 Å². The van der Waals surface area contributed by atoms with E-state index >= 15 is 0 Å². The minimum atomic E-state index is -0.781. The first-order valence-electron chi connectivity index (χ1n) is 4.70. The Morgan fingerprint density at radius 2 is 1.54 bits per heavy atom. The van der Waals surface area contributed by atoms with Crippen molar-refractivity contribution in [3.05, 3.63) is 0 Å². The van der Waals surface area contributed by atoms with Crippen LogP contribution in [0.2, 0.25) is 0 Å². The van der Waals surface area contributed by atoms with Gasteiger partial charge in [0, 0.05) is 13.1 Å². The number of amides is 1. The van der Waals surface area contributed by atoms with Crippen molar-refractivity contribution in [3.63, 3.8) is 0 Å². The predicted octanol–water partition coefficient (Wildman–Crippen LogP) is 2.68. The van der Waals surface area contributed by atoms with E-state index in [2.05, 4.69) is 13.8 Å². The van der Waals surface area contributed by atoms with Gasteiger partial charge in [-0.3, -0.25) is 0 Å². The second-order valence-corrected chi connectivity index (χ2v) is 2.98. The third kappa shape index (κ3) is 7.96. The van der Waals surface area contributed by atoms with E-state index in [0.717, 1.165) is 25.7 Å². The molecule has 0 atom stereocenters. The number of hydrogen-bond acceptors (Lipinski definition) is 1. The second-order valence-electron chi connectivity index (χ2n) is 2.98. The fourth-order valence-corrected chi connectivity index (χ4v) is 1.00.